The van der Waals surface area contributed by atoms with Crippen molar-refractivity contribution in [3.05, 3.63) is 52.7 Å². The van der Waals surface area contributed by atoms with Crippen molar-refractivity contribution in [2.75, 3.05) is 11.1 Å². The Hall–Kier alpha value is -2.32. The van der Waals surface area contributed by atoms with Crippen LogP contribution >= 0.6 is 11.8 Å². The third-order valence-corrected chi connectivity index (χ3v) is 4.66. The van der Waals surface area contributed by atoms with Crippen LogP contribution in [0.5, 0.6) is 0 Å². The van der Waals surface area contributed by atoms with Crippen LogP contribution in [-0.4, -0.2) is 16.6 Å². The predicted molar refractivity (Wildman–Crippen MR) is 103 cm³/mol. The van der Waals surface area contributed by atoms with E-state index in [1.807, 2.05) is 32.0 Å². The minimum atomic E-state index is -0.0315. The minimum absolute atomic E-state index is 0.0315. The zero-order chi connectivity index (χ0) is 18.4. The van der Waals surface area contributed by atoms with Crippen molar-refractivity contribution in [1.29, 1.82) is 5.26 Å². The van der Waals surface area contributed by atoms with Crippen molar-refractivity contribution in [2.24, 2.45) is 0 Å². The quantitative estimate of drug-likeness (QED) is 0.757. The molecule has 4 nitrogen and oxygen atoms in total. The third kappa shape index (κ3) is 5.61. The number of hydrogen-bond acceptors (Lipinski definition) is 4. The number of hydrogen-bond donors (Lipinski definition) is 1. The molecule has 1 N–H and O–H groups in total. The summed E-state index contributed by atoms with van der Waals surface area (Å²) in [6.45, 7) is 8.16. The standard InChI is InChI=1S/C20H23N3OS/c1-13(2)18-6-5-16(12-21)20(23-18)25-8-7-19(24)22-17-10-14(3)9-15(4)11-17/h5-6,9-11,13H,7-8H2,1-4H3,(H,22,24). The van der Waals surface area contributed by atoms with Gasteiger partial charge in [-0.2, -0.15) is 5.26 Å². The Balaban J connectivity index is 1.95. The van der Waals surface area contributed by atoms with Crippen LogP contribution < -0.4 is 5.32 Å². The average molecular weight is 353 g/mol. The second-order valence-electron chi connectivity index (χ2n) is 6.38. The third-order valence-electron chi connectivity index (χ3n) is 3.67. The number of nitrogens with zero attached hydrogens (tertiary/aromatic N) is 2. The number of thioether (sulfide) groups is 1. The molecule has 0 saturated carbocycles. The lowest BCUT2D eigenvalue weighted by Gasteiger charge is -2.09. The van der Waals surface area contributed by atoms with Gasteiger partial charge in [-0.3, -0.25) is 4.79 Å². The molecule has 0 saturated heterocycles. The number of anilines is 1. The van der Waals surface area contributed by atoms with Gasteiger partial charge in [-0.15, -0.1) is 11.8 Å². The molecule has 0 aliphatic carbocycles. The Morgan fingerprint density at radius 1 is 1.24 bits per heavy atom. The van der Waals surface area contributed by atoms with E-state index in [-0.39, 0.29) is 5.91 Å². The van der Waals surface area contributed by atoms with E-state index in [0.717, 1.165) is 22.5 Å². The molecule has 0 fully saturated rings. The first-order valence-electron chi connectivity index (χ1n) is 8.31. The van der Waals surface area contributed by atoms with E-state index in [2.05, 4.69) is 36.3 Å². The molecule has 130 valence electrons. The molecule has 5 heteroatoms. The molecule has 0 aliphatic heterocycles. The fourth-order valence-electron chi connectivity index (χ4n) is 2.48. The van der Waals surface area contributed by atoms with Crippen molar-refractivity contribution < 1.29 is 4.79 Å². The topological polar surface area (TPSA) is 65.8 Å². The number of pyridine rings is 1. The zero-order valence-corrected chi connectivity index (χ0v) is 15.9. The highest BCUT2D eigenvalue weighted by Gasteiger charge is 2.10. The van der Waals surface area contributed by atoms with Crippen LogP contribution in [0.4, 0.5) is 5.69 Å². The summed E-state index contributed by atoms with van der Waals surface area (Å²) in [5.41, 5.74) is 4.59. The van der Waals surface area contributed by atoms with Gasteiger partial charge >= 0.3 is 0 Å². The molecule has 0 spiro atoms. The maximum atomic E-state index is 12.1. The van der Waals surface area contributed by atoms with E-state index in [1.54, 1.807) is 6.07 Å². The van der Waals surface area contributed by atoms with E-state index in [1.165, 1.54) is 11.8 Å². The Labute approximate surface area is 153 Å². The number of aryl methyl sites for hydroxylation is 2. The molecule has 2 rings (SSSR count). The van der Waals surface area contributed by atoms with Gasteiger partial charge < -0.3 is 5.32 Å². The summed E-state index contributed by atoms with van der Waals surface area (Å²) < 4.78 is 0. The summed E-state index contributed by atoms with van der Waals surface area (Å²) in [5, 5.41) is 12.9. The van der Waals surface area contributed by atoms with Gasteiger partial charge in [-0.25, -0.2) is 4.98 Å². The molecular weight excluding hydrogens is 330 g/mol. The second kappa shape index (κ2) is 8.68. The van der Waals surface area contributed by atoms with Crippen molar-refractivity contribution in [1.82, 2.24) is 4.98 Å². The molecule has 1 amide bonds. The number of amides is 1. The number of carbonyl (C=O) groups is 1. The van der Waals surface area contributed by atoms with E-state index < -0.39 is 0 Å². The highest BCUT2D eigenvalue weighted by molar-refractivity contribution is 7.99. The summed E-state index contributed by atoms with van der Waals surface area (Å²) in [4.78, 5) is 16.7. The Morgan fingerprint density at radius 3 is 2.52 bits per heavy atom. The van der Waals surface area contributed by atoms with Gasteiger partial charge in [-0.1, -0.05) is 19.9 Å². The first-order valence-corrected chi connectivity index (χ1v) is 9.29. The summed E-state index contributed by atoms with van der Waals surface area (Å²) in [7, 11) is 0. The van der Waals surface area contributed by atoms with E-state index in [9.17, 15) is 10.1 Å². The number of aromatic nitrogens is 1. The lowest BCUT2D eigenvalue weighted by atomic mass is 10.1. The van der Waals surface area contributed by atoms with Crippen LogP contribution in [0.2, 0.25) is 0 Å². The van der Waals surface area contributed by atoms with Gasteiger partial charge in [-0.05, 0) is 55.2 Å². The van der Waals surface area contributed by atoms with Crippen LogP contribution in [0.25, 0.3) is 0 Å². The van der Waals surface area contributed by atoms with E-state index in [4.69, 9.17) is 0 Å². The maximum Gasteiger partial charge on any atom is 0.225 e. The Morgan fingerprint density at radius 2 is 1.92 bits per heavy atom. The molecule has 2 aromatic rings. The smallest absolute Gasteiger partial charge is 0.225 e. The molecule has 0 bridgehead atoms. The first-order chi connectivity index (χ1) is 11.9. The van der Waals surface area contributed by atoms with Gasteiger partial charge in [0.15, 0.2) is 0 Å². The molecular formula is C20H23N3OS. The van der Waals surface area contributed by atoms with Gasteiger partial charge in [0, 0.05) is 23.6 Å². The summed E-state index contributed by atoms with van der Waals surface area (Å²) in [5.74, 6) is 0.857. The molecule has 1 aromatic carbocycles. The van der Waals surface area contributed by atoms with Crippen LogP contribution in [0, 0.1) is 25.2 Å². The van der Waals surface area contributed by atoms with Crippen molar-refractivity contribution in [2.45, 2.75) is 45.1 Å². The fraction of sp³-hybridized carbons (Fsp3) is 0.350. The Kier molecular flexibility index (Phi) is 6.60. The fourth-order valence-corrected chi connectivity index (χ4v) is 3.40. The van der Waals surface area contributed by atoms with Crippen molar-refractivity contribution in [3.63, 3.8) is 0 Å². The van der Waals surface area contributed by atoms with Crippen LogP contribution in [0.1, 0.15) is 48.6 Å². The number of benzene rings is 1. The van der Waals surface area contributed by atoms with Crippen LogP contribution in [0.15, 0.2) is 35.4 Å². The monoisotopic (exact) mass is 353 g/mol. The largest absolute Gasteiger partial charge is 0.326 e. The lowest BCUT2D eigenvalue weighted by Crippen LogP contribution is -2.12. The normalized spacial score (nSPS) is 10.6. The van der Waals surface area contributed by atoms with Crippen LogP contribution in [0.3, 0.4) is 0 Å². The number of nitrogens with one attached hydrogen (secondary N) is 1. The Bertz CT molecular complexity index is 789. The minimum Gasteiger partial charge on any atom is -0.326 e. The highest BCUT2D eigenvalue weighted by Crippen LogP contribution is 2.24. The summed E-state index contributed by atoms with van der Waals surface area (Å²) in [6, 6.07) is 11.9. The average Bonchev–Trinajstić information content (AvgIpc) is 2.53. The second-order valence-corrected chi connectivity index (χ2v) is 7.46. The predicted octanol–water partition coefficient (Wildman–Crippen LogP) is 4.81. The maximum absolute atomic E-state index is 12.1. The summed E-state index contributed by atoms with van der Waals surface area (Å²) >= 11 is 1.45. The van der Waals surface area contributed by atoms with Crippen LogP contribution in [-0.2, 0) is 4.79 Å². The van der Waals surface area contributed by atoms with Crippen molar-refractivity contribution >= 4 is 23.4 Å². The van der Waals surface area contributed by atoms with Gasteiger partial charge in [0.25, 0.3) is 0 Å². The van der Waals surface area contributed by atoms with E-state index in [0.29, 0.717) is 28.7 Å². The zero-order valence-electron chi connectivity index (χ0n) is 15.1. The van der Waals surface area contributed by atoms with Crippen molar-refractivity contribution in [3.8, 4) is 6.07 Å². The highest BCUT2D eigenvalue weighted by atomic mass is 32.2. The molecule has 1 aromatic heterocycles. The van der Waals surface area contributed by atoms with Gasteiger partial charge in [0.2, 0.25) is 5.91 Å². The number of nitriles is 1. The molecule has 25 heavy (non-hydrogen) atoms. The van der Waals surface area contributed by atoms with Gasteiger partial charge in [0.1, 0.15) is 11.1 Å². The molecule has 0 atom stereocenters. The molecule has 0 unspecified atom stereocenters. The van der Waals surface area contributed by atoms with Gasteiger partial charge in [0.05, 0.1) is 5.56 Å². The summed E-state index contributed by atoms with van der Waals surface area (Å²) in [6.07, 6.45) is 0.371. The van der Waals surface area contributed by atoms with E-state index >= 15 is 0 Å². The number of rotatable bonds is 6. The molecule has 0 radical (unpaired) electrons. The SMILES string of the molecule is Cc1cc(C)cc(NC(=O)CCSc2nc(C(C)C)ccc2C#N)c1. The number of carbonyl (C=O) groups excluding carboxylic acids is 1. The first kappa shape index (κ1) is 19.0. The lowest BCUT2D eigenvalue weighted by molar-refractivity contribution is -0.115. The molecule has 0 aliphatic rings. The molecule has 1 heterocycles.